The smallest absolute Gasteiger partial charge is 0.335 e. The second kappa shape index (κ2) is 6.80. The van der Waals surface area contributed by atoms with Crippen LogP contribution in [0.4, 0.5) is 4.79 Å². The van der Waals surface area contributed by atoms with Gasteiger partial charge in [-0.2, -0.15) is 11.8 Å². The fraction of sp³-hybridized carbons (Fsp3) is 0.500. The second-order valence-corrected chi connectivity index (χ2v) is 7.04. The van der Waals surface area contributed by atoms with Crippen LogP contribution >= 0.6 is 11.8 Å². The Balaban J connectivity index is 1.92. The lowest BCUT2D eigenvalue weighted by molar-refractivity contribution is 0.0696. The molecule has 2 N–H and O–H groups in total. The summed E-state index contributed by atoms with van der Waals surface area (Å²) in [5, 5.41) is 12.6. The van der Waals surface area contributed by atoms with E-state index in [1.807, 2.05) is 11.8 Å². The van der Waals surface area contributed by atoms with Gasteiger partial charge in [0, 0.05) is 29.8 Å². The normalized spacial score (nSPS) is 21.9. The zero-order chi connectivity index (χ0) is 15.4. The summed E-state index contributed by atoms with van der Waals surface area (Å²) in [6.45, 7) is 5.90. The van der Waals surface area contributed by atoms with E-state index in [4.69, 9.17) is 5.11 Å². The molecule has 2 heterocycles. The molecular weight excluding hydrogens is 290 g/mol. The number of thioether (sulfide) groups is 1. The van der Waals surface area contributed by atoms with Gasteiger partial charge in [-0.3, -0.25) is 4.98 Å². The van der Waals surface area contributed by atoms with Crippen LogP contribution in [0.25, 0.3) is 0 Å². The molecule has 7 heteroatoms. The predicted molar refractivity (Wildman–Crippen MR) is 81.5 cm³/mol. The molecule has 21 heavy (non-hydrogen) atoms. The fourth-order valence-electron chi connectivity index (χ4n) is 2.33. The highest BCUT2D eigenvalue weighted by atomic mass is 32.2. The molecule has 0 bridgehead atoms. The van der Waals surface area contributed by atoms with Crippen molar-refractivity contribution in [2.75, 3.05) is 13.1 Å². The largest absolute Gasteiger partial charge is 0.478 e. The molecule has 2 unspecified atom stereocenters. The molecule has 2 atom stereocenters. The molecular formula is C14H19N3O3S. The van der Waals surface area contributed by atoms with E-state index in [0.29, 0.717) is 16.2 Å². The third-order valence-electron chi connectivity index (χ3n) is 3.19. The Hall–Kier alpha value is -1.76. The molecule has 0 spiro atoms. The monoisotopic (exact) mass is 309 g/mol. The standard InChI is InChI=1S/C14H19N3O3S/c1-9-7-17(8-10(2)21-9)14(20)16-6-12-5-11(13(18)19)3-4-15-12/h3-5,9-10H,6-8H2,1-2H3,(H,16,20)(H,18,19). The summed E-state index contributed by atoms with van der Waals surface area (Å²) in [5.41, 5.74) is 0.710. The molecule has 0 aliphatic carbocycles. The Morgan fingerprint density at radius 2 is 2.10 bits per heavy atom. The van der Waals surface area contributed by atoms with Gasteiger partial charge in [0.15, 0.2) is 0 Å². The van der Waals surface area contributed by atoms with E-state index >= 15 is 0 Å². The number of carbonyl (C=O) groups excluding carboxylic acids is 1. The third kappa shape index (κ3) is 4.35. The number of nitrogens with zero attached hydrogens (tertiary/aromatic N) is 2. The Labute approximate surface area is 127 Å². The van der Waals surface area contributed by atoms with E-state index in [-0.39, 0.29) is 18.1 Å². The number of nitrogens with one attached hydrogen (secondary N) is 1. The van der Waals surface area contributed by atoms with E-state index in [9.17, 15) is 9.59 Å². The maximum Gasteiger partial charge on any atom is 0.335 e. The number of hydrogen-bond donors (Lipinski definition) is 2. The summed E-state index contributed by atoms with van der Waals surface area (Å²) in [5.74, 6) is -0.999. The van der Waals surface area contributed by atoms with Crippen LogP contribution in [0, 0.1) is 0 Å². The number of hydrogen-bond acceptors (Lipinski definition) is 4. The Bertz CT molecular complexity index is 528. The van der Waals surface area contributed by atoms with Gasteiger partial charge in [-0.25, -0.2) is 9.59 Å². The number of carboxylic acids is 1. The topological polar surface area (TPSA) is 82.5 Å². The molecule has 1 aromatic rings. The van der Waals surface area contributed by atoms with E-state index in [1.165, 1.54) is 18.3 Å². The predicted octanol–water partition coefficient (Wildman–Crippen LogP) is 1.82. The first-order valence-electron chi connectivity index (χ1n) is 6.82. The first kappa shape index (κ1) is 15.6. The molecule has 1 saturated heterocycles. The number of rotatable bonds is 3. The Morgan fingerprint density at radius 1 is 1.43 bits per heavy atom. The summed E-state index contributed by atoms with van der Waals surface area (Å²) in [7, 11) is 0. The van der Waals surface area contributed by atoms with Crippen LogP contribution in [-0.2, 0) is 6.54 Å². The van der Waals surface area contributed by atoms with Crippen molar-refractivity contribution < 1.29 is 14.7 Å². The molecule has 2 amide bonds. The molecule has 1 aliphatic heterocycles. The average molecular weight is 309 g/mol. The molecule has 0 saturated carbocycles. The maximum absolute atomic E-state index is 12.1. The fourth-order valence-corrected chi connectivity index (χ4v) is 3.65. The lowest BCUT2D eigenvalue weighted by atomic mass is 10.2. The van der Waals surface area contributed by atoms with Gasteiger partial charge >= 0.3 is 12.0 Å². The van der Waals surface area contributed by atoms with Gasteiger partial charge in [0.1, 0.15) is 0 Å². The molecule has 0 aromatic carbocycles. The average Bonchev–Trinajstić information content (AvgIpc) is 2.44. The number of amides is 2. The lowest BCUT2D eigenvalue weighted by Gasteiger charge is -2.34. The molecule has 0 radical (unpaired) electrons. The number of pyridine rings is 1. The summed E-state index contributed by atoms with van der Waals surface area (Å²) in [6, 6.07) is 2.77. The van der Waals surface area contributed by atoms with Gasteiger partial charge in [0.25, 0.3) is 0 Å². The SMILES string of the molecule is CC1CN(C(=O)NCc2cc(C(=O)O)ccn2)CC(C)S1. The number of urea groups is 1. The molecule has 1 fully saturated rings. The Kier molecular flexibility index (Phi) is 5.06. The van der Waals surface area contributed by atoms with Gasteiger partial charge in [-0.05, 0) is 12.1 Å². The second-order valence-electron chi connectivity index (χ2n) is 5.16. The number of aromatic nitrogens is 1. The van der Waals surface area contributed by atoms with E-state index < -0.39 is 5.97 Å². The highest BCUT2D eigenvalue weighted by Crippen LogP contribution is 2.24. The number of aromatic carboxylic acids is 1. The molecule has 6 nitrogen and oxygen atoms in total. The molecule has 114 valence electrons. The highest BCUT2D eigenvalue weighted by Gasteiger charge is 2.25. The molecule has 1 aromatic heterocycles. The van der Waals surface area contributed by atoms with Crippen molar-refractivity contribution in [1.29, 1.82) is 0 Å². The Morgan fingerprint density at radius 3 is 2.71 bits per heavy atom. The summed E-state index contributed by atoms with van der Waals surface area (Å²) < 4.78 is 0. The van der Waals surface area contributed by atoms with Crippen LogP contribution in [-0.4, -0.2) is 50.6 Å². The molecule has 2 rings (SSSR count). The van der Waals surface area contributed by atoms with Crippen LogP contribution in [0.3, 0.4) is 0 Å². The zero-order valence-corrected chi connectivity index (χ0v) is 12.9. The molecule has 1 aliphatic rings. The van der Waals surface area contributed by atoms with Crippen molar-refractivity contribution in [3.63, 3.8) is 0 Å². The van der Waals surface area contributed by atoms with Crippen molar-refractivity contribution in [1.82, 2.24) is 15.2 Å². The summed E-state index contributed by atoms with van der Waals surface area (Å²) >= 11 is 1.88. The lowest BCUT2D eigenvalue weighted by Crippen LogP contribution is -2.48. The zero-order valence-electron chi connectivity index (χ0n) is 12.1. The van der Waals surface area contributed by atoms with Crippen molar-refractivity contribution >= 4 is 23.8 Å². The van der Waals surface area contributed by atoms with Crippen LogP contribution < -0.4 is 5.32 Å². The van der Waals surface area contributed by atoms with Crippen molar-refractivity contribution in [2.24, 2.45) is 0 Å². The van der Waals surface area contributed by atoms with Crippen LogP contribution in [0.1, 0.15) is 29.9 Å². The van der Waals surface area contributed by atoms with Crippen molar-refractivity contribution in [3.8, 4) is 0 Å². The van der Waals surface area contributed by atoms with Gasteiger partial charge in [-0.15, -0.1) is 0 Å². The van der Waals surface area contributed by atoms with Crippen LogP contribution in [0.15, 0.2) is 18.3 Å². The first-order valence-corrected chi connectivity index (χ1v) is 7.76. The summed E-state index contributed by atoms with van der Waals surface area (Å²) in [6.07, 6.45) is 1.44. The summed E-state index contributed by atoms with van der Waals surface area (Å²) in [4.78, 5) is 28.9. The van der Waals surface area contributed by atoms with Crippen molar-refractivity contribution in [3.05, 3.63) is 29.6 Å². The number of carbonyl (C=O) groups is 2. The van der Waals surface area contributed by atoms with Gasteiger partial charge in [-0.1, -0.05) is 13.8 Å². The van der Waals surface area contributed by atoms with E-state index in [2.05, 4.69) is 24.1 Å². The van der Waals surface area contributed by atoms with Gasteiger partial charge < -0.3 is 15.3 Å². The van der Waals surface area contributed by atoms with Crippen molar-refractivity contribution in [2.45, 2.75) is 30.9 Å². The van der Waals surface area contributed by atoms with E-state index in [0.717, 1.165) is 13.1 Å². The maximum atomic E-state index is 12.1. The minimum Gasteiger partial charge on any atom is -0.478 e. The first-order chi connectivity index (χ1) is 9.95. The minimum atomic E-state index is -0.999. The van der Waals surface area contributed by atoms with E-state index in [1.54, 1.807) is 4.90 Å². The minimum absolute atomic E-state index is 0.128. The number of carboxylic acid groups (broad SMARTS) is 1. The quantitative estimate of drug-likeness (QED) is 0.890. The highest BCUT2D eigenvalue weighted by molar-refractivity contribution is 8.00. The van der Waals surface area contributed by atoms with Gasteiger partial charge in [0.05, 0.1) is 17.8 Å². The third-order valence-corrected chi connectivity index (χ3v) is 4.42. The van der Waals surface area contributed by atoms with Crippen LogP contribution in [0.2, 0.25) is 0 Å². The van der Waals surface area contributed by atoms with Crippen LogP contribution in [0.5, 0.6) is 0 Å². The van der Waals surface area contributed by atoms with Gasteiger partial charge in [0.2, 0.25) is 0 Å².